The van der Waals surface area contributed by atoms with Crippen molar-refractivity contribution in [1.29, 1.82) is 0 Å². The summed E-state index contributed by atoms with van der Waals surface area (Å²) >= 11 is 0. The molecule has 5 heterocycles. The van der Waals surface area contributed by atoms with Crippen molar-refractivity contribution in [2.45, 2.75) is 24.7 Å². The van der Waals surface area contributed by atoms with Crippen LogP contribution in [0.25, 0.3) is 10.9 Å². The number of furan rings is 1. The number of fused-ring (bicyclic) bond motifs is 2. The van der Waals surface area contributed by atoms with Gasteiger partial charge in [-0.05, 0) is 30.2 Å². The SMILES string of the molecule is O=C(NCc1ccco1)C1C2C=C[C@]3(CN(CCc4c[nH]c5ccccc45)C(=O)C13)O2. The maximum Gasteiger partial charge on any atom is 0.230 e. The van der Waals surface area contributed by atoms with E-state index >= 15 is 0 Å². The van der Waals surface area contributed by atoms with Gasteiger partial charge in [-0.1, -0.05) is 30.4 Å². The maximum absolute atomic E-state index is 13.3. The van der Waals surface area contributed by atoms with Gasteiger partial charge in [0.1, 0.15) is 11.4 Å². The predicted molar refractivity (Wildman–Crippen MR) is 113 cm³/mol. The number of nitrogens with zero attached hydrogens (tertiary/aromatic N) is 1. The largest absolute Gasteiger partial charge is 0.467 e. The van der Waals surface area contributed by atoms with Crippen LogP contribution < -0.4 is 5.32 Å². The van der Waals surface area contributed by atoms with Crippen LogP contribution in [0.2, 0.25) is 0 Å². The number of benzene rings is 1. The van der Waals surface area contributed by atoms with Crippen LogP contribution in [0.3, 0.4) is 0 Å². The molecule has 158 valence electrons. The highest BCUT2D eigenvalue weighted by Crippen LogP contribution is 2.51. The van der Waals surface area contributed by atoms with E-state index in [-0.39, 0.29) is 17.9 Å². The number of carbonyl (C=O) groups is 2. The molecule has 31 heavy (non-hydrogen) atoms. The van der Waals surface area contributed by atoms with E-state index in [2.05, 4.69) is 16.4 Å². The Kier molecular flexibility index (Phi) is 4.08. The molecule has 7 nitrogen and oxygen atoms in total. The van der Waals surface area contributed by atoms with Gasteiger partial charge in [-0.15, -0.1) is 0 Å². The molecule has 3 aliphatic heterocycles. The molecule has 2 amide bonds. The number of aromatic nitrogens is 1. The van der Waals surface area contributed by atoms with E-state index in [0.29, 0.717) is 25.4 Å². The van der Waals surface area contributed by atoms with Gasteiger partial charge in [0.25, 0.3) is 0 Å². The van der Waals surface area contributed by atoms with Crippen molar-refractivity contribution in [3.8, 4) is 0 Å². The zero-order valence-electron chi connectivity index (χ0n) is 16.9. The van der Waals surface area contributed by atoms with Crippen molar-refractivity contribution < 1.29 is 18.7 Å². The first-order valence-electron chi connectivity index (χ1n) is 10.7. The van der Waals surface area contributed by atoms with Crippen LogP contribution in [0, 0.1) is 11.8 Å². The Labute approximate surface area is 179 Å². The molecule has 7 heteroatoms. The number of para-hydroxylation sites is 1. The molecule has 6 rings (SSSR count). The molecule has 2 N–H and O–H groups in total. The standard InChI is InChI=1S/C24H23N3O4/c28-22(26-13-16-4-3-11-30-16)20-19-7-9-24(31-19)14-27(23(29)21(20)24)10-8-15-12-25-18-6-2-1-5-17(15)18/h1-7,9,11-12,19-21,25H,8,10,13-14H2,(H,26,28)/t19?,20?,21?,24-/m1/s1. The van der Waals surface area contributed by atoms with Crippen molar-refractivity contribution in [3.63, 3.8) is 0 Å². The smallest absolute Gasteiger partial charge is 0.230 e. The van der Waals surface area contributed by atoms with Gasteiger partial charge in [0.05, 0.1) is 37.3 Å². The monoisotopic (exact) mass is 417 g/mol. The summed E-state index contributed by atoms with van der Waals surface area (Å²) in [6.45, 7) is 1.40. The lowest BCUT2D eigenvalue weighted by atomic mass is 9.77. The molecular weight excluding hydrogens is 394 g/mol. The molecule has 2 saturated heterocycles. The van der Waals surface area contributed by atoms with E-state index in [9.17, 15) is 9.59 Å². The lowest BCUT2D eigenvalue weighted by Crippen LogP contribution is -2.44. The van der Waals surface area contributed by atoms with Gasteiger partial charge in [-0.3, -0.25) is 9.59 Å². The second-order valence-corrected chi connectivity index (χ2v) is 8.57. The highest BCUT2D eigenvalue weighted by molar-refractivity contribution is 5.93. The lowest BCUT2D eigenvalue weighted by molar-refractivity contribution is -0.137. The van der Waals surface area contributed by atoms with E-state index in [4.69, 9.17) is 9.15 Å². The number of nitrogens with one attached hydrogen (secondary N) is 2. The zero-order valence-corrected chi connectivity index (χ0v) is 16.9. The average Bonchev–Trinajstić information content (AvgIpc) is 3.58. The third-order valence-corrected chi connectivity index (χ3v) is 6.82. The van der Waals surface area contributed by atoms with Crippen LogP contribution in [0.1, 0.15) is 11.3 Å². The molecular formula is C24H23N3O4. The number of hydrogen-bond donors (Lipinski definition) is 2. The molecule has 0 aliphatic carbocycles. The van der Waals surface area contributed by atoms with Crippen LogP contribution in [-0.4, -0.2) is 46.5 Å². The van der Waals surface area contributed by atoms with Gasteiger partial charge in [0.2, 0.25) is 11.8 Å². The average molecular weight is 417 g/mol. The number of rotatable bonds is 6. The number of amides is 2. The molecule has 0 saturated carbocycles. The Morgan fingerprint density at radius 1 is 1.26 bits per heavy atom. The van der Waals surface area contributed by atoms with Gasteiger partial charge in [0.15, 0.2) is 0 Å². The van der Waals surface area contributed by atoms with Gasteiger partial charge in [-0.25, -0.2) is 0 Å². The molecule has 3 aliphatic rings. The van der Waals surface area contributed by atoms with Gasteiger partial charge in [-0.2, -0.15) is 0 Å². The highest BCUT2D eigenvalue weighted by atomic mass is 16.5. The second kappa shape index (κ2) is 6.85. The van der Waals surface area contributed by atoms with E-state index in [1.807, 2.05) is 47.5 Å². The first-order valence-corrected chi connectivity index (χ1v) is 10.7. The third-order valence-electron chi connectivity index (χ3n) is 6.82. The van der Waals surface area contributed by atoms with Crippen LogP contribution in [0.15, 0.2) is 65.4 Å². The number of carbonyl (C=O) groups excluding carboxylic acids is 2. The van der Waals surface area contributed by atoms with Crippen molar-refractivity contribution in [2.75, 3.05) is 13.1 Å². The minimum atomic E-state index is -0.686. The molecule has 1 spiro atoms. The molecule has 1 aromatic carbocycles. The fourth-order valence-corrected chi connectivity index (χ4v) is 5.37. The normalized spacial score (nSPS) is 28.6. The first-order chi connectivity index (χ1) is 15.1. The number of ether oxygens (including phenoxy) is 1. The van der Waals surface area contributed by atoms with Gasteiger partial charge < -0.3 is 24.4 Å². The number of aromatic amines is 1. The summed E-state index contributed by atoms with van der Waals surface area (Å²) in [7, 11) is 0. The summed E-state index contributed by atoms with van der Waals surface area (Å²) in [6.07, 6.45) is 7.91. The topological polar surface area (TPSA) is 87.6 Å². The zero-order chi connectivity index (χ0) is 21.0. The van der Waals surface area contributed by atoms with Crippen LogP contribution in [-0.2, 0) is 27.3 Å². The van der Waals surface area contributed by atoms with Crippen molar-refractivity contribution in [3.05, 3.63) is 72.3 Å². The molecule has 0 radical (unpaired) electrons. The number of likely N-dealkylation sites (tertiary alicyclic amines) is 1. The summed E-state index contributed by atoms with van der Waals surface area (Å²) in [5, 5.41) is 4.09. The van der Waals surface area contributed by atoms with E-state index < -0.39 is 17.4 Å². The predicted octanol–water partition coefficient (Wildman–Crippen LogP) is 2.40. The Morgan fingerprint density at radius 2 is 2.16 bits per heavy atom. The minimum absolute atomic E-state index is 0.00448. The van der Waals surface area contributed by atoms with Crippen LogP contribution in [0.4, 0.5) is 0 Å². The van der Waals surface area contributed by atoms with Crippen LogP contribution in [0.5, 0.6) is 0 Å². The van der Waals surface area contributed by atoms with E-state index in [0.717, 1.165) is 11.9 Å². The highest BCUT2D eigenvalue weighted by Gasteiger charge is 2.66. The third kappa shape index (κ3) is 2.84. The van der Waals surface area contributed by atoms with E-state index in [1.54, 1.807) is 12.3 Å². The summed E-state index contributed by atoms with van der Waals surface area (Å²) < 4.78 is 11.5. The number of H-pyrrole nitrogens is 1. The molecule has 2 bridgehead atoms. The summed E-state index contributed by atoms with van der Waals surface area (Å²) in [5.74, 6) is -0.456. The molecule has 2 fully saturated rings. The molecule has 2 aromatic heterocycles. The minimum Gasteiger partial charge on any atom is -0.467 e. The van der Waals surface area contributed by atoms with Crippen molar-refractivity contribution in [1.82, 2.24) is 15.2 Å². The lowest BCUT2D eigenvalue weighted by Gasteiger charge is -2.23. The molecule has 3 unspecified atom stereocenters. The Bertz CT molecular complexity index is 1180. The fraction of sp³-hybridized carbons (Fsp3) is 0.333. The van der Waals surface area contributed by atoms with Crippen molar-refractivity contribution in [2.24, 2.45) is 11.8 Å². The number of hydrogen-bond acceptors (Lipinski definition) is 4. The Balaban J connectivity index is 1.17. The Morgan fingerprint density at radius 3 is 3.03 bits per heavy atom. The van der Waals surface area contributed by atoms with Crippen LogP contribution >= 0.6 is 0 Å². The van der Waals surface area contributed by atoms with Crippen molar-refractivity contribution >= 4 is 22.7 Å². The van der Waals surface area contributed by atoms with Gasteiger partial charge >= 0.3 is 0 Å². The first kappa shape index (κ1) is 18.4. The summed E-state index contributed by atoms with van der Waals surface area (Å²) in [6, 6.07) is 11.8. The van der Waals surface area contributed by atoms with E-state index in [1.165, 1.54) is 10.9 Å². The Hall–Kier alpha value is -3.32. The molecule has 4 atom stereocenters. The summed E-state index contributed by atoms with van der Waals surface area (Å²) in [5.41, 5.74) is 1.60. The maximum atomic E-state index is 13.3. The molecule has 3 aromatic rings. The second-order valence-electron chi connectivity index (χ2n) is 8.57. The quantitative estimate of drug-likeness (QED) is 0.603. The summed E-state index contributed by atoms with van der Waals surface area (Å²) in [4.78, 5) is 31.5. The fourth-order valence-electron chi connectivity index (χ4n) is 5.37. The van der Waals surface area contributed by atoms with Gasteiger partial charge in [0, 0.05) is 23.6 Å².